The summed E-state index contributed by atoms with van der Waals surface area (Å²) in [5.41, 5.74) is 0.00389. The summed E-state index contributed by atoms with van der Waals surface area (Å²) < 4.78 is 0. The average molecular weight is 183 g/mol. The van der Waals surface area contributed by atoms with Gasteiger partial charge in [-0.25, -0.2) is 0 Å². The van der Waals surface area contributed by atoms with Gasteiger partial charge in [-0.15, -0.1) is 0 Å². The number of hydrogen-bond donors (Lipinski definition) is 0. The smallest absolute Gasteiger partial charge is 0.127 e. The molecule has 0 unspecified atom stereocenters. The summed E-state index contributed by atoms with van der Waals surface area (Å²) in [6.45, 7) is 4.25. The fourth-order valence-corrected chi connectivity index (χ4v) is 2.39. The Kier molecular flexibility index (Phi) is 3.91. The van der Waals surface area contributed by atoms with Crippen molar-refractivity contribution in [2.45, 2.75) is 39.0 Å². The lowest BCUT2D eigenvalue weighted by molar-refractivity contribution is -0.116. The molecule has 0 radical (unpaired) electrons. The summed E-state index contributed by atoms with van der Waals surface area (Å²) in [4.78, 5) is 13.3. The Balaban J connectivity index is 2.43. The normalized spacial score (nSPS) is 20.8. The van der Waals surface area contributed by atoms with Crippen LogP contribution < -0.4 is 0 Å². The highest BCUT2D eigenvalue weighted by molar-refractivity contribution is 5.60. The van der Waals surface area contributed by atoms with Crippen molar-refractivity contribution in [3.63, 3.8) is 0 Å². The monoisotopic (exact) mass is 183 g/mol. The molecule has 76 valence electrons. The van der Waals surface area contributed by atoms with Gasteiger partial charge in [0.1, 0.15) is 6.29 Å². The van der Waals surface area contributed by atoms with E-state index in [1.54, 1.807) is 0 Å². The molecule has 0 saturated heterocycles. The van der Waals surface area contributed by atoms with Gasteiger partial charge in [0.15, 0.2) is 0 Å². The zero-order chi connectivity index (χ0) is 9.73. The SMILES string of the molecule is CCCN(C)CC1(C=O)CCCC1. The van der Waals surface area contributed by atoms with Crippen LogP contribution in [0.15, 0.2) is 0 Å². The second kappa shape index (κ2) is 4.75. The summed E-state index contributed by atoms with van der Waals surface area (Å²) in [5.74, 6) is 0. The van der Waals surface area contributed by atoms with Crippen molar-refractivity contribution >= 4 is 6.29 Å². The summed E-state index contributed by atoms with van der Waals surface area (Å²) in [6.07, 6.45) is 7.05. The van der Waals surface area contributed by atoms with Gasteiger partial charge in [0.05, 0.1) is 0 Å². The molecule has 0 aliphatic heterocycles. The van der Waals surface area contributed by atoms with Gasteiger partial charge in [0.25, 0.3) is 0 Å². The molecular formula is C11H21NO. The first-order valence-corrected chi connectivity index (χ1v) is 5.37. The van der Waals surface area contributed by atoms with E-state index in [0.717, 1.165) is 25.9 Å². The van der Waals surface area contributed by atoms with E-state index < -0.39 is 0 Å². The lowest BCUT2D eigenvalue weighted by atomic mass is 9.87. The molecule has 0 aromatic rings. The third kappa shape index (κ3) is 2.80. The lowest BCUT2D eigenvalue weighted by Gasteiger charge is -2.28. The number of carbonyl (C=O) groups excluding carboxylic acids is 1. The third-order valence-corrected chi connectivity index (χ3v) is 3.04. The Morgan fingerprint density at radius 3 is 2.46 bits per heavy atom. The van der Waals surface area contributed by atoms with Crippen LogP contribution in [-0.4, -0.2) is 31.3 Å². The van der Waals surface area contributed by atoms with E-state index in [-0.39, 0.29) is 5.41 Å². The molecule has 0 aromatic heterocycles. The van der Waals surface area contributed by atoms with Crippen LogP contribution in [0, 0.1) is 5.41 Å². The third-order valence-electron chi connectivity index (χ3n) is 3.04. The number of rotatable bonds is 5. The highest BCUT2D eigenvalue weighted by atomic mass is 16.1. The van der Waals surface area contributed by atoms with E-state index in [1.165, 1.54) is 25.5 Å². The van der Waals surface area contributed by atoms with Crippen LogP contribution in [0.4, 0.5) is 0 Å². The molecule has 1 saturated carbocycles. The predicted molar refractivity (Wildman–Crippen MR) is 54.8 cm³/mol. The quantitative estimate of drug-likeness (QED) is 0.608. The molecule has 0 heterocycles. The van der Waals surface area contributed by atoms with Crippen molar-refractivity contribution in [2.24, 2.45) is 5.41 Å². The van der Waals surface area contributed by atoms with Crippen molar-refractivity contribution in [2.75, 3.05) is 20.1 Å². The maximum Gasteiger partial charge on any atom is 0.127 e. The average Bonchev–Trinajstić information content (AvgIpc) is 2.54. The van der Waals surface area contributed by atoms with Crippen LogP contribution in [0.25, 0.3) is 0 Å². The molecule has 1 rings (SSSR count). The fraction of sp³-hybridized carbons (Fsp3) is 0.909. The zero-order valence-corrected chi connectivity index (χ0v) is 8.88. The van der Waals surface area contributed by atoms with Gasteiger partial charge < -0.3 is 9.69 Å². The Hall–Kier alpha value is -0.370. The highest BCUT2D eigenvalue weighted by Gasteiger charge is 2.34. The Morgan fingerprint density at radius 1 is 1.38 bits per heavy atom. The van der Waals surface area contributed by atoms with Crippen LogP contribution >= 0.6 is 0 Å². The van der Waals surface area contributed by atoms with Gasteiger partial charge in [-0.3, -0.25) is 0 Å². The molecule has 0 bridgehead atoms. The van der Waals surface area contributed by atoms with Crippen molar-refractivity contribution in [1.29, 1.82) is 0 Å². The standard InChI is InChI=1S/C11H21NO/c1-3-8-12(2)9-11(10-13)6-4-5-7-11/h10H,3-9H2,1-2H3. The van der Waals surface area contributed by atoms with E-state index in [0.29, 0.717) is 0 Å². The number of aldehydes is 1. The molecule has 0 aromatic carbocycles. The maximum absolute atomic E-state index is 11.0. The zero-order valence-electron chi connectivity index (χ0n) is 8.88. The Bertz CT molecular complexity index is 161. The van der Waals surface area contributed by atoms with E-state index in [2.05, 4.69) is 18.9 Å². The van der Waals surface area contributed by atoms with Gasteiger partial charge >= 0.3 is 0 Å². The molecule has 2 nitrogen and oxygen atoms in total. The van der Waals surface area contributed by atoms with Crippen LogP contribution in [0.5, 0.6) is 0 Å². The first-order chi connectivity index (χ1) is 6.22. The molecule has 0 amide bonds. The minimum absolute atomic E-state index is 0.00389. The molecule has 0 spiro atoms. The predicted octanol–water partition coefficient (Wildman–Crippen LogP) is 2.09. The van der Waals surface area contributed by atoms with Crippen molar-refractivity contribution in [1.82, 2.24) is 4.90 Å². The summed E-state index contributed by atoms with van der Waals surface area (Å²) in [5, 5.41) is 0. The molecule has 1 aliphatic carbocycles. The Morgan fingerprint density at radius 2 is 2.00 bits per heavy atom. The van der Waals surface area contributed by atoms with Gasteiger partial charge in [0, 0.05) is 12.0 Å². The Labute approximate surface area is 81.3 Å². The first-order valence-electron chi connectivity index (χ1n) is 5.37. The lowest BCUT2D eigenvalue weighted by Crippen LogP contribution is -2.35. The molecule has 2 heteroatoms. The van der Waals surface area contributed by atoms with Crippen LogP contribution in [0.1, 0.15) is 39.0 Å². The second-order valence-corrected chi connectivity index (χ2v) is 4.43. The van der Waals surface area contributed by atoms with Crippen molar-refractivity contribution < 1.29 is 4.79 Å². The minimum atomic E-state index is 0.00389. The molecule has 1 aliphatic rings. The van der Waals surface area contributed by atoms with Crippen molar-refractivity contribution in [3.8, 4) is 0 Å². The van der Waals surface area contributed by atoms with Gasteiger partial charge in [-0.1, -0.05) is 19.8 Å². The van der Waals surface area contributed by atoms with Crippen LogP contribution in [0.3, 0.4) is 0 Å². The van der Waals surface area contributed by atoms with Crippen molar-refractivity contribution in [3.05, 3.63) is 0 Å². The summed E-state index contributed by atoms with van der Waals surface area (Å²) >= 11 is 0. The van der Waals surface area contributed by atoms with Gasteiger partial charge in [-0.05, 0) is 32.9 Å². The van der Waals surface area contributed by atoms with E-state index >= 15 is 0 Å². The number of carbonyl (C=O) groups is 1. The van der Waals surface area contributed by atoms with Crippen LogP contribution in [-0.2, 0) is 4.79 Å². The first kappa shape index (κ1) is 10.7. The molecule has 0 N–H and O–H groups in total. The van der Waals surface area contributed by atoms with E-state index in [4.69, 9.17) is 0 Å². The van der Waals surface area contributed by atoms with E-state index in [9.17, 15) is 4.79 Å². The van der Waals surface area contributed by atoms with Crippen LogP contribution in [0.2, 0.25) is 0 Å². The number of nitrogens with zero attached hydrogens (tertiary/aromatic N) is 1. The molecular weight excluding hydrogens is 162 g/mol. The molecule has 1 fully saturated rings. The minimum Gasteiger partial charge on any atom is -0.305 e. The maximum atomic E-state index is 11.0. The summed E-state index contributed by atoms with van der Waals surface area (Å²) in [7, 11) is 2.12. The second-order valence-electron chi connectivity index (χ2n) is 4.43. The number of hydrogen-bond acceptors (Lipinski definition) is 2. The van der Waals surface area contributed by atoms with Gasteiger partial charge in [-0.2, -0.15) is 0 Å². The van der Waals surface area contributed by atoms with E-state index in [1.807, 2.05) is 0 Å². The fourth-order valence-electron chi connectivity index (χ4n) is 2.39. The molecule has 13 heavy (non-hydrogen) atoms. The topological polar surface area (TPSA) is 20.3 Å². The largest absolute Gasteiger partial charge is 0.305 e. The summed E-state index contributed by atoms with van der Waals surface area (Å²) in [6, 6.07) is 0. The highest BCUT2D eigenvalue weighted by Crippen LogP contribution is 2.36. The van der Waals surface area contributed by atoms with Gasteiger partial charge in [0.2, 0.25) is 0 Å². The molecule has 0 atom stereocenters.